The zero-order valence-electron chi connectivity index (χ0n) is 15.9. The van der Waals surface area contributed by atoms with Crippen molar-refractivity contribution < 1.29 is 4.79 Å². The van der Waals surface area contributed by atoms with Gasteiger partial charge in [-0.1, -0.05) is 0 Å². The average Bonchev–Trinajstić information content (AvgIpc) is 2.72. The van der Waals surface area contributed by atoms with Crippen LogP contribution in [0.4, 0.5) is 11.9 Å². The van der Waals surface area contributed by atoms with E-state index in [0.29, 0.717) is 18.2 Å². The largest absolute Gasteiger partial charge is 0.351 e. The molecule has 1 N–H and O–H groups in total. The molecule has 0 spiro atoms. The Morgan fingerprint density at radius 1 is 1.04 bits per heavy atom. The number of anilines is 2. The zero-order valence-corrected chi connectivity index (χ0v) is 15.9. The van der Waals surface area contributed by atoms with Crippen molar-refractivity contribution in [2.75, 3.05) is 63.2 Å². The molecule has 0 aliphatic carbocycles. The highest BCUT2D eigenvalue weighted by Gasteiger charge is 2.21. The number of nitrogens with one attached hydrogen (secondary N) is 1. The third-order valence-electron chi connectivity index (χ3n) is 4.34. The standard InChI is InChI=1S/C18H26N8O/c1-24(2)10-4-8-19-16(27)15-5-9-22-18(23-15)26-13-11-25(12-14-26)17-20-6-3-7-21-17/h3,5-7,9H,4,8,10-14H2,1-2H3,(H,19,27). The summed E-state index contributed by atoms with van der Waals surface area (Å²) in [4.78, 5) is 36.0. The smallest absolute Gasteiger partial charge is 0.270 e. The molecule has 0 aromatic carbocycles. The lowest BCUT2D eigenvalue weighted by Crippen LogP contribution is -2.47. The number of hydrogen-bond donors (Lipinski definition) is 1. The maximum Gasteiger partial charge on any atom is 0.270 e. The van der Waals surface area contributed by atoms with Gasteiger partial charge in [0.1, 0.15) is 5.69 Å². The van der Waals surface area contributed by atoms with Gasteiger partial charge < -0.3 is 20.0 Å². The second-order valence-corrected chi connectivity index (χ2v) is 6.68. The molecule has 0 atom stereocenters. The van der Waals surface area contributed by atoms with E-state index in [1.165, 1.54) is 0 Å². The Kier molecular flexibility index (Phi) is 6.48. The van der Waals surface area contributed by atoms with Crippen LogP contribution in [0.15, 0.2) is 30.7 Å². The first kappa shape index (κ1) is 19.0. The quantitative estimate of drug-likeness (QED) is 0.695. The van der Waals surface area contributed by atoms with Crippen molar-refractivity contribution in [3.63, 3.8) is 0 Å². The maximum atomic E-state index is 12.3. The summed E-state index contributed by atoms with van der Waals surface area (Å²) in [6.07, 6.45) is 6.04. The fourth-order valence-corrected chi connectivity index (χ4v) is 2.88. The van der Waals surface area contributed by atoms with Crippen LogP contribution in [-0.2, 0) is 0 Å². The predicted octanol–water partition coefficient (Wildman–Crippen LogP) is 0.275. The number of aromatic nitrogens is 4. The van der Waals surface area contributed by atoms with E-state index < -0.39 is 0 Å². The van der Waals surface area contributed by atoms with Crippen LogP contribution in [0.2, 0.25) is 0 Å². The summed E-state index contributed by atoms with van der Waals surface area (Å²) in [5, 5.41) is 2.91. The van der Waals surface area contributed by atoms with Crippen molar-refractivity contribution in [3.8, 4) is 0 Å². The fraction of sp³-hybridized carbons (Fsp3) is 0.500. The van der Waals surface area contributed by atoms with Gasteiger partial charge in [-0.05, 0) is 39.2 Å². The molecule has 9 heteroatoms. The molecule has 2 aromatic heterocycles. The molecule has 27 heavy (non-hydrogen) atoms. The monoisotopic (exact) mass is 370 g/mol. The Bertz CT molecular complexity index is 731. The van der Waals surface area contributed by atoms with Crippen LogP contribution < -0.4 is 15.1 Å². The van der Waals surface area contributed by atoms with Gasteiger partial charge in [0, 0.05) is 51.3 Å². The van der Waals surface area contributed by atoms with Crippen molar-refractivity contribution in [2.45, 2.75) is 6.42 Å². The second kappa shape index (κ2) is 9.22. The Morgan fingerprint density at radius 2 is 1.67 bits per heavy atom. The van der Waals surface area contributed by atoms with Gasteiger partial charge in [-0.2, -0.15) is 0 Å². The summed E-state index contributed by atoms with van der Waals surface area (Å²) in [6, 6.07) is 3.46. The van der Waals surface area contributed by atoms with Gasteiger partial charge in [-0.3, -0.25) is 4.79 Å². The van der Waals surface area contributed by atoms with Crippen molar-refractivity contribution in [2.24, 2.45) is 0 Å². The molecule has 1 saturated heterocycles. The third-order valence-corrected chi connectivity index (χ3v) is 4.34. The first-order valence-electron chi connectivity index (χ1n) is 9.16. The highest BCUT2D eigenvalue weighted by Crippen LogP contribution is 2.14. The van der Waals surface area contributed by atoms with E-state index in [4.69, 9.17) is 0 Å². The molecule has 1 amide bonds. The Morgan fingerprint density at radius 3 is 2.33 bits per heavy atom. The Hall–Kier alpha value is -2.81. The van der Waals surface area contributed by atoms with Gasteiger partial charge >= 0.3 is 0 Å². The molecule has 0 bridgehead atoms. The average molecular weight is 370 g/mol. The molecule has 1 aliphatic heterocycles. The van der Waals surface area contributed by atoms with E-state index >= 15 is 0 Å². The van der Waals surface area contributed by atoms with E-state index in [1.54, 1.807) is 24.7 Å². The van der Waals surface area contributed by atoms with Crippen LogP contribution >= 0.6 is 0 Å². The van der Waals surface area contributed by atoms with Crippen LogP contribution in [0, 0.1) is 0 Å². The van der Waals surface area contributed by atoms with Gasteiger partial charge in [0.25, 0.3) is 5.91 Å². The number of carbonyl (C=O) groups excluding carboxylic acids is 1. The van der Waals surface area contributed by atoms with Crippen molar-refractivity contribution in [3.05, 3.63) is 36.4 Å². The van der Waals surface area contributed by atoms with E-state index in [0.717, 1.165) is 45.1 Å². The first-order valence-corrected chi connectivity index (χ1v) is 9.16. The minimum atomic E-state index is -0.159. The van der Waals surface area contributed by atoms with Crippen LogP contribution in [0.3, 0.4) is 0 Å². The van der Waals surface area contributed by atoms with Crippen molar-refractivity contribution in [1.29, 1.82) is 0 Å². The highest BCUT2D eigenvalue weighted by molar-refractivity contribution is 5.92. The van der Waals surface area contributed by atoms with Crippen LogP contribution in [0.25, 0.3) is 0 Å². The third kappa shape index (κ3) is 5.33. The summed E-state index contributed by atoms with van der Waals surface area (Å²) in [7, 11) is 4.03. The molecule has 3 rings (SSSR count). The van der Waals surface area contributed by atoms with Gasteiger partial charge in [0.2, 0.25) is 11.9 Å². The summed E-state index contributed by atoms with van der Waals surface area (Å²) < 4.78 is 0. The lowest BCUT2D eigenvalue weighted by molar-refractivity contribution is 0.0947. The molecule has 0 unspecified atom stereocenters. The Balaban J connectivity index is 1.54. The van der Waals surface area contributed by atoms with Crippen molar-refractivity contribution >= 4 is 17.8 Å². The van der Waals surface area contributed by atoms with Gasteiger partial charge in [-0.25, -0.2) is 19.9 Å². The number of amides is 1. The summed E-state index contributed by atoms with van der Waals surface area (Å²) in [5.41, 5.74) is 0.402. The summed E-state index contributed by atoms with van der Waals surface area (Å²) in [6.45, 7) is 4.65. The highest BCUT2D eigenvalue weighted by atomic mass is 16.1. The van der Waals surface area contributed by atoms with Gasteiger partial charge in [0.15, 0.2) is 0 Å². The minimum absolute atomic E-state index is 0.159. The summed E-state index contributed by atoms with van der Waals surface area (Å²) in [5.74, 6) is 1.17. The molecule has 9 nitrogen and oxygen atoms in total. The van der Waals surface area contributed by atoms with Crippen LogP contribution in [0.1, 0.15) is 16.9 Å². The lowest BCUT2D eigenvalue weighted by atomic mass is 10.3. The van der Waals surface area contributed by atoms with Gasteiger partial charge in [-0.15, -0.1) is 0 Å². The van der Waals surface area contributed by atoms with E-state index in [-0.39, 0.29) is 5.91 Å². The molecular formula is C18H26N8O. The number of piperazine rings is 1. The van der Waals surface area contributed by atoms with E-state index in [2.05, 4.69) is 40.0 Å². The molecule has 3 heterocycles. The number of hydrogen-bond acceptors (Lipinski definition) is 8. The number of nitrogens with zero attached hydrogens (tertiary/aromatic N) is 7. The fourth-order valence-electron chi connectivity index (χ4n) is 2.88. The molecule has 1 fully saturated rings. The van der Waals surface area contributed by atoms with Crippen LogP contribution in [-0.4, -0.2) is 84.1 Å². The van der Waals surface area contributed by atoms with E-state index in [1.807, 2.05) is 20.2 Å². The maximum absolute atomic E-state index is 12.3. The molecule has 0 radical (unpaired) electrons. The predicted molar refractivity (Wildman–Crippen MR) is 104 cm³/mol. The summed E-state index contributed by atoms with van der Waals surface area (Å²) >= 11 is 0. The van der Waals surface area contributed by atoms with Crippen molar-refractivity contribution in [1.82, 2.24) is 30.2 Å². The molecule has 1 aliphatic rings. The molecule has 0 saturated carbocycles. The lowest BCUT2D eigenvalue weighted by Gasteiger charge is -2.34. The van der Waals surface area contributed by atoms with Crippen LogP contribution in [0.5, 0.6) is 0 Å². The number of rotatable bonds is 7. The topological polar surface area (TPSA) is 90.4 Å². The SMILES string of the molecule is CN(C)CCCNC(=O)c1ccnc(N2CCN(c3ncccn3)CC2)n1. The zero-order chi connectivity index (χ0) is 19.1. The first-order chi connectivity index (χ1) is 13.1. The minimum Gasteiger partial charge on any atom is -0.351 e. The normalized spacial score (nSPS) is 14.5. The second-order valence-electron chi connectivity index (χ2n) is 6.68. The molecule has 2 aromatic rings. The molecular weight excluding hydrogens is 344 g/mol. The molecule has 144 valence electrons. The number of carbonyl (C=O) groups is 1. The van der Waals surface area contributed by atoms with Gasteiger partial charge in [0.05, 0.1) is 0 Å². The van der Waals surface area contributed by atoms with E-state index in [9.17, 15) is 4.79 Å². The Labute approximate surface area is 159 Å².